The van der Waals surface area contributed by atoms with Crippen LogP contribution < -0.4 is 10.7 Å². The van der Waals surface area contributed by atoms with Gasteiger partial charge in [0, 0.05) is 33.1 Å². The molecule has 13 nitrogen and oxygen atoms in total. The van der Waals surface area contributed by atoms with Crippen LogP contribution in [0.5, 0.6) is 0 Å². The van der Waals surface area contributed by atoms with Gasteiger partial charge in [-0.15, -0.1) is 0 Å². The molecule has 0 bridgehead atoms. The Morgan fingerprint density at radius 3 is 2.36 bits per heavy atom. The Morgan fingerprint density at radius 1 is 1.12 bits per heavy atom. The lowest BCUT2D eigenvalue weighted by Gasteiger charge is -2.23. The lowest BCUT2D eigenvalue weighted by atomic mass is 9.97. The van der Waals surface area contributed by atoms with Gasteiger partial charge in [0.15, 0.2) is 6.04 Å². The molecule has 1 heterocycles. The number of amides is 3. The Balaban J connectivity index is 1.57. The summed E-state index contributed by atoms with van der Waals surface area (Å²) in [6.07, 6.45) is 4.81. The highest BCUT2D eigenvalue weighted by atomic mass is 32.2. The average molecular weight is 600 g/mol. The van der Waals surface area contributed by atoms with Crippen LogP contribution in [0.1, 0.15) is 35.7 Å². The van der Waals surface area contributed by atoms with E-state index in [9.17, 15) is 38.8 Å². The van der Waals surface area contributed by atoms with Crippen molar-refractivity contribution in [1.82, 2.24) is 20.0 Å². The molecule has 0 saturated carbocycles. The molecule has 0 aliphatic heterocycles. The van der Waals surface area contributed by atoms with E-state index in [0.717, 1.165) is 11.1 Å². The van der Waals surface area contributed by atoms with Crippen LogP contribution in [-0.4, -0.2) is 83.5 Å². The van der Waals surface area contributed by atoms with Crippen LogP contribution in [-0.2, 0) is 31.6 Å². The Morgan fingerprint density at radius 2 is 1.79 bits per heavy atom. The third kappa shape index (κ3) is 9.06. The van der Waals surface area contributed by atoms with Crippen LogP contribution >= 0.6 is 0 Å². The SMILES string of the molecule is C[C@@H](O)[C@@H](NC(=O)C(CCCc1ccc(-c2cn(NC(=O)c3ccc(S(C)=O)cc3)cn2)cc1)CN(O)C=O)C(=O)O. The number of aliphatic hydroxyl groups is 1. The number of rotatable bonds is 15. The number of aryl methyl sites for hydroxylation is 1. The second-order valence-electron chi connectivity index (χ2n) is 9.66. The van der Waals surface area contributed by atoms with E-state index in [2.05, 4.69) is 15.7 Å². The maximum absolute atomic E-state index is 12.7. The topological polar surface area (TPSA) is 191 Å². The van der Waals surface area contributed by atoms with Crippen molar-refractivity contribution in [2.24, 2.45) is 5.92 Å². The normalized spacial score (nSPS) is 13.8. The predicted molar refractivity (Wildman–Crippen MR) is 152 cm³/mol. The number of carboxylic acid groups (broad SMARTS) is 1. The summed E-state index contributed by atoms with van der Waals surface area (Å²) in [4.78, 5) is 52.3. The van der Waals surface area contributed by atoms with Crippen molar-refractivity contribution in [1.29, 1.82) is 0 Å². The van der Waals surface area contributed by atoms with E-state index in [4.69, 9.17) is 0 Å². The molecular formula is C28H33N5O8S. The number of hydrogen-bond donors (Lipinski definition) is 5. The van der Waals surface area contributed by atoms with Crippen LogP contribution in [0.2, 0.25) is 0 Å². The summed E-state index contributed by atoms with van der Waals surface area (Å²) in [5.41, 5.74) is 5.50. The largest absolute Gasteiger partial charge is 0.480 e. The molecule has 0 aliphatic carbocycles. The zero-order valence-corrected chi connectivity index (χ0v) is 23.9. The first-order valence-electron chi connectivity index (χ1n) is 13.0. The van der Waals surface area contributed by atoms with Crippen LogP contribution in [0.3, 0.4) is 0 Å². The standard InChI is InChI=1S/C28H33N5O8S/c1-18(35)25(28(38)39)30-26(36)22(14-33(40)17-34)5-3-4-19-6-8-20(9-7-19)24-15-32(16-29-24)31-27(37)21-10-12-23(13-11-21)42(2)41/h6-13,15-18,22,25,35,40H,3-5,14H2,1-2H3,(H,30,36)(H,31,37)(H,38,39)/t18-,22?,25-,42?/m1/s1. The predicted octanol–water partition coefficient (Wildman–Crippen LogP) is 1.41. The molecule has 0 aliphatic rings. The number of aliphatic hydroxyl groups excluding tert-OH is 1. The number of imidazole rings is 1. The maximum Gasteiger partial charge on any atom is 0.328 e. The molecule has 224 valence electrons. The van der Waals surface area contributed by atoms with E-state index in [1.165, 1.54) is 17.9 Å². The molecule has 3 aromatic rings. The van der Waals surface area contributed by atoms with Gasteiger partial charge < -0.3 is 15.5 Å². The van der Waals surface area contributed by atoms with Gasteiger partial charge in [0.05, 0.1) is 30.5 Å². The molecule has 4 atom stereocenters. The van der Waals surface area contributed by atoms with E-state index < -0.39 is 40.7 Å². The first kappa shape index (κ1) is 32.1. The van der Waals surface area contributed by atoms with Crippen molar-refractivity contribution in [2.45, 2.75) is 43.2 Å². The zero-order valence-electron chi connectivity index (χ0n) is 23.0. The van der Waals surface area contributed by atoms with E-state index in [1.807, 2.05) is 24.3 Å². The number of aromatic nitrogens is 2. The number of carbonyl (C=O) groups excluding carboxylic acids is 3. The summed E-state index contributed by atoms with van der Waals surface area (Å²) in [5, 5.41) is 31.0. The van der Waals surface area contributed by atoms with Crippen LogP contribution in [0, 0.1) is 5.92 Å². The van der Waals surface area contributed by atoms with E-state index >= 15 is 0 Å². The number of benzene rings is 2. The first-order chi connectivity index (χ1) is 20.0. The fourth-order valence-electron chi connectivity index (χ4n) is 4.14. The molecule has 3 amide bonds. The number of nitrogens with zero attached hydrogens (tertiary/aromatic N) is 3. The number of hydrogen-bond acceptors (Lipinski definition) is 8. The minimum atomic E-state index is -1.52. The molecule has 0 saturated heterocycles. The Bertz CT molecular complexity index is 1410. The number of carboxylic acids is 1. The van der Waals surface area contributed by atoms with Crippen molar-refractivity contribution in [3.63, 3.8) is 0 Å². The van der Waals surface area contributed by atoms with Crippen LogP contribution in [0.25, 0.3) is 11.3 Å². The van der Waals surface area contributed by atoms with Gasteiger partial charge in [-0.25, -0.2) is 19.5 Å². The number of aliphatic carboxylic acids is 1. The molecule has 3 rings (SSSR count). The number of hydroxylamine groups is 2. The van der Waals surface area contributed by atoms with Crippen molar-refractivity contribution < 1.29 is 38.8 Å². The molecule has 0 fully saturated rings. The van der Waals surface area contributed by atoms with Gasteiger partial charge >= 0.3 is 5.97 Å². The third-order valence-electron chi connectivity index (χ3n) is 6.48. The summed E-state index contributed by atoms with van der Waals surface area (Å²) < 4.78 is 13.0. The average Bonchev–Trinajstić information content (AvgIpc) is 3.43. The minimum absolute atomic E-state index is 0.156. The van der Waals surface area contributed by atoms with Crippen LogP contribution in [0.4, 0.5) is 0 Å². The van der Waals surface area contributed by atoms with Gasteiger partial charge in [0.2, 0.25) is 12.3 Å². The third-order valence-corrected chi connectivity index (χ3v) is 7.41. The summed E-state index contributed by atoms with van der Waals surface area (Å²) >= 11 is 0. The highest BCUT2D eigenvalue weighted by molar-refractivity contribution is 7.84. The smallest absolute Gasteiger partial charge is 0.328 e. The molecule has 42 heavy (non-hydrogen) atoms. The highest BCUT2D eigenvalue weighted by Crippen LogP contribution is 2.20. The summed E-state index contributed by atoms with van der Waals surface area (Å²) in [5.74, 6) is -3.34. The molecule has 0 radical (unpaired) electrons. The van der Waals surface area contributed by atoms with Gasteiger partial charge in [0.1, 0.15) is 6.33 Å². The molecular weight excluding hydrogens is 566 g/mol. The van der Waals surface area contributed by atoms with Crippen molar-refractivity contribution >= 4 is 35.0 Å². The molecule has 2 aromatic carbocycles. The van der Waals surface area contributed by atoms with Gasteiger partial charge in [0.25, 0.3) is 5.91 Å². The lowest BCUT2D eigenvalue weighted by molar-refractivity contribution is -0.156. The molecule has 2 unspecified atom stereocenters. The lowest BCUT2D eigenvalue weighted by Crippen LogP contribution is -2.50. The highest BCUT2D eigenvalue weighted by Gasteiger charge is 2.29. The van der Waals surface area contributed by atoms with Gasteiger partial charge in [-0.2, -0.15) is 0 Å². The fraction of sp³-hybridized carbons (Fsp3) is 0.321. The van der Waals surface area contributed by atoms with E-state index in [0.29, 0.717) is 34.1 Å². The first-order valence-corrected chi connectivity index (χ1v) is 14.5. The Hall–Kier alpha value is -4.40. The second-order valence-corrected chi connectivity index (χ2v) is 11.0. The second kappa shape index (κ2) is 15.0. The zero-order chi connectivity index (χ0) is 30.8. The fourth-order valence-corrected chi connectivity index (χ4v) is 4.66. The van der Waals surface area contributed by atoms with E-state index in [-0.39, 0.29) is 25.3 Å². The number of carbonyl (C=O) groups is 4. The van der Waals surface area contributed by atoms with Crippen LogP contribution in [0.15, 0.2) is 66.0 Å². The van der Waals surface area contributed by atoms with Crippen molar-refractivity contribution in [3.8, 4) is 11.3 Å². The number of nitrogens with one attached hydrogen (secondary N) is 2. The molecule has 14 heteroatoms. The summed E-state index contributed by atoms with van der Waals surface area (Å²) in [6, 6.07) is 12.5. The monoisotopic (exact) mass is 599 g/mol. The Kier molecular flexibility index (Phi) is 11.5. The van der Waals surface area contributed by atoms with Gasteiger partial charge in [-0.05, 0) is 56.0 Å². The molecule has 0 spiro atoms. The summed E-state index contributed by atoms with van der Waals surface area (Å²) in [6.45, 7) is 0.907. The molecule has 1 aromatic heterocycles. The van der Waals surface area contributed by atoms with E-state index in [1.54, 1.807) is 36.7 Å². The molecule has 5 N–H and O–H groups in total. The summed E-state index contributed by atoms with van der Waals surface area (Å²) in [7, 11) is -1.13. The maximum atomic E-state index is 12.7. The van der Waals surface area contributed by atoms with Crippen molar-refractivity contribution in [2.75, 3.05) is 18.2 Å². The quantitative estimate of drug-likeness (QED) is 0.0976. The minimum Gasteiger partial charge on any atom is -0.480 e. The van der Waals surface area contributed by atoms with Gasteiger partial charge in [-0.1, -0.05) is 24.3 Å². The van der Waals surface area contributed by atoms with Gasteiger partial charge in [-0.3, -0.25) is 29.2 Å². The van der Waals surface area contributed by atoms with Crippen molar-refractivity contribution in [3.05, 3.63) is 72.2 Å². The Labute approximate surface area is 244 Å².